The van der Waals surface area contributed by atoms with Crippen molar-refractivity contribution >= 4 is 21.8 Å². The molecule has 0 aliphatic carbocycles. The van der Waals surface area contributed by atoms with Crippen molar-refractivity contribution in [3.05, 3.63) is 65.2 Å². The first kappa shape index (κ1) is 24.0. The number of amidine groups is 1. The predicted molar refractivity (Wildman–Crippen MR) is 128 cm³/mol. The molecule has 0 saturated heterocycles. The minimum absolute atomic E-state index is 0.122. The van der Waals surface area contributed by atoms with Crippen molar-refractivity contribution in [1.82, 2.24) is 9.62 Å². The van der Waals surface area contributed by atoms with Crippen molar-refractivity contribution in [2.24, 2.45) is 4.99 Å². The Kier molecular flexibility index (Phi) is 7.39. The SMILES string of the molecule is CN(Cc1ccc(C(C)(C)C)cc1)C(=O)CCCCCN=C1NS(=O)(=O)c2ccccc21. The second-order valence-corrected chi connectivity index (χ2v) is 11.0. The van der Waals surface area contributed by atoms with Crippen LogP contribution in [0.3, 0.4) is 0 Å². The van der Waals surface area contributed by atoms with E-state index < -0.39 is 10.0 Å². The number of rotatable bonds is 8. The van der Waals surface area contributed by atoms with Gasteiger partial charge in [-0.15, -0.1) is 0 Å². The summed E-state index contributed by atoms with van der Waals surface area (Å²) < 4.78 is 26.7. The number of hydrogen-bond acceptors (Lipinski definition) is 4. The standard InChI is InChI=1S/C25H33N3O3S/c1-25(2,3)20-15-13-19(14-16-20)18-28(4)23(29)12-6-5-9-17-26-24-21-10-7-8-11-22(21)32(30,31)27-24/h7-8,10-11,13-16H,5-6,9,12,17-18H2,1-4H3,(H,26,27). The van der Waals surface area contributed by atoms with Gasteiger partial charge < -0.3 is 4.90 Å². The van der Waals surface area contributed by atoms with Gasteiger partial charge in [0.2, 0.25) is 5.91 Å². The highest BCUT2D eigenvalue weighted by molar-refractivity contribution is 7.90. The molecule has 0 spiro atoms. The molecule has 1 heterocycles. The lowest BCUT2D eigenvalue weighted by Gasteiger charge is -2.21. The van der Waals surface area contributed by atoms with E-state index in [9.17, 15) is 13.2 Å². The number of fused-ring (bicyclic) bond motifs is 1. The van der Waals surface area contributed by atoms with Gasteiger partial charge >= 0.3 is 0 Å². The molecule has 2 aromatic carbocycles. The maximum absolute atomic E-state index is 12.4. The molecule has 1 amide bonds. The van der Waals surface area contributed by atoms with Gasteiger partial charge in [0.15, 0.2) is 0 Å². The number of amides is 1. The molecule has 32 heavy (non-hydrogen) atoms. The van der Waals surface area contributed by atoms with Crippen LogP contribution in [0.15, 0.2) is 58.4 Å². The van der Waals surface area contributed by atoms with E-state index in [1.165, 1.54) is 5.56 Å². The normalized spacial score (nSPS) is 15.9. The Hall–Kier alpha value is -2.67. The van der Waals surface area contributed by atoms with Crippen LogP contribution < -0.4 is 4.72 Å². The Bertz CT molecular complexity index is 1080. The fourth-order valence-corrected chi connectivity index (χ4v) is 4.92. The summed E-state index contributed by atoms with van der Waals surface area (Å²) in [5, 5.41) is 0. The second-order valence-electron chi connectivity index (χ2n) is 9.34. The second kappa shape index (κ2) is 9.86. The lowest BCUT2D eigenvalue weighted by Crippen LogP contribution is -2.26. The van der Waals surface area contributed by atoms with Gasteiger partial charge in [0.1, 0.15) is 5.84 Å². The Morgan fingerprint density at radius 2 is 1.69 bits per heavy atom. The van der Waals surface area contributed by atoms with Gasteiger partial charge in [0.25, 0.3) is 10.0 Å². The maximum atomic E-state index is 12.4. The molecule has 172 valence electrons. The molecule has 0 saturated carbocycles. The van der Waals surface area contributed by atoms with Crippen LogP contribution in [0.1, 0.15) is 63.1 Å². The summed E-state index contributed by atoms with van der Waals surface area (Å²) in [6.07, 6.45) is 2.96. The van der Waals surface area contributed by atoms with Gasteiger partial charge in [-0.1, -0.05) is 63.6 Å². The molecule has 0 atom stereocenters. The molecular weight excluding hydrogens is 422 g/mol. The summed E-state index contributed by atoms with van der Waals surface area (Å²) in [6, 6.07) is 15.3. The molecule has 7 heteroatoms. The van der Waals surface area contributed by atoms with Crippen LogP contribution >= 0.6 is 0 Å². The van der Waals surface area contributed by atoms with Gasteiger partial charge in [-0.05, 0) is 41.5 Å². The van der Waals surface area contributed by atoms with Gasteiger partial charge in [0.05, 0.1) is 4.90 Å². The topological polar surface area (TPSA) is 78.8 Å². The van der Waals surface area contributed by atoms with E-state index >= 15 is 0 Å². The van der Waals surface area contributed by atoms with E-state index in [1.807, 2.05) is 7.05 Å². The van der Waals surface area contributed by atoms with Gasteiger partial charge in [-0.25, -0.2) is 8.42 Å². The molecule has 0 fully saturated rings. The summed E-state index contributed by atoms with van der Waals surface area (Å²) in [4.78, 5) is 18.9. The van der Waals surface area contributed by atoms with Crippen molar-refractivity contribution in [2.75, 3.05) is 13.6 Å². The van der Waals surface area contributed by atoms with Crippen molar-refractivity contribution < 1.29 is 13.2 Å². The highest BCUT2D eigenvalue weighted by Crippen LogP contribution is 2.23. The van der Waals surface area contributed by atoms with Crippen LogP contribution in [-0.2, 0) is 26.8 Å². The van der Waals surface area contributed by atoms with E-state index in [-0.39, 0.29) is 16.2 Å². The molecule has 1 N–H and O–H groups in total. The zero-order valence-electron chi connectivity index (χ0n) is 19.4. The molecule has 0 bridgehead atoms. The van der Waals surface area contributed by atoms with Crippen LogP contribution in [0.4, 0.5) is 0 Å². The molecule has 3 rings (SSSR count). The van der Waals surface area contributed by atoms with E-state index in [1.54, 1.807) is 29.2 Å². The van der Waals surface area contributed by atoms with Crippen LogP contribution in [0.25, 0.3) is 0 Å². The van der Waals surface area contributed by atoms with E-state index in [0.717, 1.165) is 24.8 Å². The molecule has 0 radical (unpaired) electrons. The minimum atomic E-state index is -3.49. The quantitative estimate of drug-likeness (QED) is 0.605. The third-order valence-corrected chi connectivity index (χ3v) is 7.04. The molecule has 6 nitrogen and oxygen atoms in total. The van der Waals surface area contributed by atoms with Crippen LogP contribution in [0.5, 0.6) is 0 Å². The molecule has 1 aliphatic rings. The highest BCUT2D eigenvalue weighted by atomic mass is 32.2. The van der Waals surface area contributed by atoms with Crippen molar-refractivity contribution in [2.45, 2.75) is 63.3 Å². The number of hydrogen-bond donors (Lipinski definition) is 1. The van der Waals surface area contributed by atoms with Crippen molar-refractivity contribution in [3.8, 4) is 0 Å². The maximum Gasteiger partial charge on any atom is 0.263 e. The van der Waals surface area contributed by atoms with Gasteiger partial charge in [-0.2, -0.15) is 0 Å². The highest BCUT2D eigenvalue weighted by Gasteiger charge is 2.29. The summed E-state index contributed by atoms with van der Waals surface area (Å²) in [5.41, 5.74) is 3.16. The van der Waals surface area contributed by atoms with E-state index in [0.29, 0.717) is 30.9 Å². The summed E-state index contributed by atoms with van der Waals surface area (Å²) >= 11 is 0. The third-order valence-electron chi connectivity index (χ3n) is 5.65. The Morgan fingerprint density at radius 3 is 2.38 bits per heavy atom. The number of unbranched alkanes of at least 4 members (excludes halogenated alkanes) is 2. The largest absolute Gasteiger partial charge is 0.341 e. The smallest absolute Gasteiger partial charge is 0.263 e. The molecule has 2 aromatic rings. The van der Waals surface area contributed by atoms with Crippen molar-refractivity contribution in [1.29, 1.82) is 0 Å². The first-order valence-electron chi connectivity index (χ1n) is 11.1. The third kappa shape index (κ3) is 5.97. The number of carbonyl (C=O) groups excluding carboxylic acids is 1. The minimum Gasteiger partial charge on any atom is -0.341 e. The Labute approximate surface area is 191 Å². The summed E-state index contributed by atoms with van der Waals surface area (Å²) in [5.74, 6) is 0.544. The first-order chi connectivity index (χ1) is 15.1. The number of carbonyl (C=O) groups is 1. The summed E-state index contributed by atoms with van der Waals surface area (Å²) in [7, 11) is -1.65. The molecule has 1 aliphatic heterocycles. The fourth-order valence-electron chi connectivity index (χ4n) is 3.67. The van der Waals surface area contributed by atoms with Crippen molar-refractivity contribution in [3.63, 3.8) is 0 Å². The molecular formula is C25H33N3O3S. The number of aliphatic imine (C=N–C) groups is 1. The number of nitrogens with one attached hydrogen (secondary N) is 1. The van der Waals surface area contributed by atoms with Gasteiger partial charge in [0, 0.05) is 32.1 Å². The molecule has 0 unspecified atom stereocenters. The van der Waals surface area contributed by atoms with Gasteiger partial charge in [-0.3, -0.25) is 14.5 Å². The first-order valence-corrected chi connectivity index (χ1v) is 12.6. The van der Waals surface area contributed by atoms with Crippen LogP contribution in [0, 0.1) is 0 Å². The Morgan fingerprint density at radius 1 is 1.00 bits per heavy atom. The van der Waals surface area contributed by atoms with E-state index in [4.69, 9.17) is 0 Å². The number of benzene rings is 2. The number of sulfonamides is 1. The van der Waals surface area contributed by atoms with Crippen LogP contribution in [-0.4, -0.2) is 38.7 Å². The zero-order valence-corrected chi connectivity index (χ0v) is 20.2. The predicted octanol–water partition coefficient (Wildman–Crippen LogP) is 4.24. The lowest BCUT2D eigenvalue weighted by molar-refractivity contribution is -0.130. The lowest BCUT2D eigenvalue weighted by atomic mass is 9.87. The molecule has 0 aromatic heterocycles. The monoisotopic (exact) mass is 455 g/mol. The van der Waals surface area contributed by atoms with Crippen LogP contribution in [0.2, 0.25) is 0 Å². The fraction of sp³-hybridized carbons (Fsp3) is 0.440. The average Bonchev–Trinajstić information content (AvgIpc) is 3.00. The summed E-state index contributed by atoms with van der Waals surface area (Å²) in [6.45, 7) is 7.70. The van der Waals surface area contributed by atoms with E-state index in [2.05, 4.69) is 54.8 Å². The Balaban J connectivity index is 1.40. The average molecular weight is 456 g/mol. The zero-order chi connectivity index (χ0) is 23.4. The number of nitrogens with zero attached hydrogens (tertiary/aromatic N) is 2.